The van der Waals surface area contributed by atoms with E-state index in [0.29, 0.717) is 43.6 Å². The molecule has 0 spiro atoms. The molecule has 0 aliphatic carbocycles. The van der Waals surface area contributed by atoms with E-state index in [1.807, 2.05) is 0 Å². The lowest BCUT2D eigenvalue weighted by atomic mass is 9.96. The maximum atomic E-state index is 14.6. The number of hydrogen-bond acceptors (Lipinski definition) is 6. The average Bonchev–Trinajstić information content (AvgIpc) is 3.55. The summed E-state index contributed by atoms with van der Waals surface area (Å²) >= 11 is 0. The first-order valence-corrected chi connectivity index (χ1v) is 11.7. The number of aromatic amines is 1. The zero-order valence-electron chi connectivity index (χ0n) is 18.8. The number of carbonyl (C=O) groups is 2. The second-order valence-electron chi connectivity index (χ2n) is 9.70. The fraction of sp³-hybridized carbons (Fsp3) is 0.231. The number of benzene rings is 3. The van der Waals surface area contributed by atoms with Gasteiger partial charge in [-0.25, -0.2) is 8.78 Å². The number of nitrogens with one attached hydrogen (secondary N) is 2. The molecule has 11 heteroatoms. The molecule has 2 fully saturated rings. The smallest absolute Gasteiger partial charge is 0.259 e. The number of carbonyl (C=O) groups excluding carboxylic acids is 2. The van der Waals surface area contributed by atoms with Gasteiger partial charge in [-0.1, -0.05) is 0 Å². The summed E-state index contributed by atoms with van der Waals surface area (Å²) in [5, 5.41) is 25.3. The predicted molar refractivity (Wildman–Crippen MR) is 126 cm³/mol. The lowest BCUT2D eigenvalue weighted by Gasteiger charge is -2.36. The third-order valence-corrected chi connectivity index (χ3v) is 7.76. The maximum absolute atomic E-state index is 14.6. The number of aliphatic hydroxyl groups is 2. The summed E-state index contributed by atoms with van der Waals surface area (Å²) in [5.74, 6) is -2.39. The lowest BCUT2D eigenvalue weighted by Crippen LogP contribution is -2.50. The molecule has 0 saturated carbocycles. The Labute approximate surface area is 205 Å². The summed E-state index contributed by atoms with van der Waals surface area (Å²) in [6.45, 7) is 0.0819. The number of rotatable bonds is 1. The van der Waals surface area contributed by atoms with E-state index >= 15 is 0 Å². The van der Waals surface area contributed by atoms with Crippen LogP contribution in [-0.4, -0.2) is 62.6 Å². The predicted octanol–water partition coefficient (Wildman–Crippen LogP) is 2.61. The van der Waals surface area contributed by atoms with E-state index in [-0.39, 0.29) is 17.7 Å². The van der Waals surface area contributed by atoms with Gasteiger partial charge in [0, 0.05) is 27.1 Å². The third kappa shape index (κ3) is 2.54. The Hall–Kier alpha value is -3.90. The van der Waals surface area contributed by atoms with Crippen molar-refractivity contribution >= 4 is 55.4 Å². The van der Waals surface area contributed by atoms with Crippen molar-refractivity contribution in [1.82, 2.24) is 14.9 Å². The van der Waals surface area contributed by atoms with Crippen LogP contribution >= 0.6 is 0 Å². The van der Waals surface area contributed by atoms with Crippen LogP contribution in [0, 0.1) is 11.6 Å². The van der Waals surface area contributed by atoms with E-state index < -0.39 is 54.1 Å². The number of ether oxygens (including phenoxy) is 2. The van der Waals surface area contributed by atoms with Crippen LogP contribution in [0.5, 0.6) is 0 Å². The van der Waals surface area contributed by atoms with E-state index in [1.54, 1.807) is 4.57 Å². The van der Waals surface area contributed by atoms with Crippen molar-refractivity contribution in [3.05, 3.63) is 59.2 Å². The van der Waals surface area contributed by atoms with Gasteiger partial charge in [-0.15, -0.1) is 0 Å². The summed E-state index contributed by atoms with van der Waals surface area (Å²) in [6, 6.07) is 8.09. The van der Waals surface area contributed by atoms with Crippen LogP contribution in [0.2, 0.25) is 0 Å². The quantitative estimate of drug-likeness (QED) is 0.260. The van der Waals surface area contributed by atoms with Gasteiger partial charge < -0.3 is 29.2 Å². The first kappa shape index (κ1) is 21.2. The number of hydrogen-bond donors (Lipinski definition) is 4. The third-order valence-electron chi connectivity index (χ3n) is 7.76. The molecule has 0 radical (unpaired) electrons. The SMILES string of the molecule is O=C1NC(=O)c2c1c1c3cc(F)ccc3[nH]c1c1c2c2cc(F)ccc2n1[C@@H]1O[C@H]2CO[C@@H]([C@H]2O)[C@H]1O. The minimum Gasteiger partial charge on any atom is -0.387 e. The van der Waals surface area contributed by atoms with Crippen molar-refractivity contribution in [1.29, 1.82) is 0 Å². The fourth-order valence-electron chi connectivity index (χ4n) is 6.25. The number of nitrogens with zero attached hydrogens (tertiary/aromatic N) is 1. The molecule has 5 aromatic rings. The largest absolute Gasteiger partial charge is 0.387 e. The van der Waals surface area contributed by atoms with Gasteiger partial charge in [0.2, 0.25) is 0 Å². The highest BCUT2D eigenvalue weighted by Crippen LogP contribution is 2.47. The summed E-state index contributed by atoms with van der Waals surface area (Å²) < 4.78 is 42.2. The van der Waals surface area contributed by atoms with Crippen molar-refractivity contribution in [2.24, 2.45) is 0 Å². The van der Waals surface area contributed by atoms with Gasteiger partial charge in [-0.05, 0) is 36.4 Å². The minimum absolute atomic E-state index is 0.0385. The van der Waals surface area contributed by atoms with Gasteiger partial charge in [0.05, 0.1) is 34.3 Å². The van der Waals surface area contributed by atoms with E-state index in [1.165, 1.54) is 36.4 Å². The molecule has 4 N–H and O–H groups in total. The Balaban J connectivity index is 1.61. The molecule has 2 saturated heterocycles. The molecule has 8 rings (SSSR count). The molecular formula is C26H17F2N3O6. The highest BCUT2D eigenvalue weighted by atomic mass is 19.1. The summed E-state index contributed by atoms with van der Waals surface area (Å²) in [6.07, 6.45) is -5.03. The Morgan fingerprint density at radius 3 is 2.41 bits per heavy atom. The van der Waals surface area contributed by atoms with Gasteiger partial charge in [0.1, 0.15) is 36.1 Å². The normalized spacial score (nSPS) is 27.2. The molecule has 2 bridgehead atoms. The number of aliphatic hydroxyl groups excluding tert-OH is 2. The number of amides is 2. The second kappa shape index (κ2) is 6.90. The molecule has 3 aromatic carbocycles. The Kier molecular flexibility index (Phi) is 3.95. The van der Waals surface area contributed by atoms with Gasteiger partial charge in [-0.2, -0.15) is 0 Å². The minimum atomic E-state index is -1.31. The number of aromatic nitrogens is 2. The fourth-order valence-corrected chi connectivity index (χ4v) is 6.25. The van der Waals surface area contributed by atoms with Crippen LogP contribution in [0.3, 0.4) is 0 Å². The van der Waals surface area contributed by atoms with Crippen molar-refractivity contribution in [2.45, 2.75) is 30.6 Å². The first-order valence-electron chi connectivity index (χ1n) is 11.7. The summed E-state index contributed by atoms with van der Waals surface area (Å²) in [7, 11) is 0. The first-order chi connectivity index (χ1) is 17.8. The second-order valence-corrected chi connectivity index (χ2v) is 9.70. The molecule has 3 aliphatic rings. The molecule has 5 heterocycles. The van der Waals surface area contributed by atoms with Crippen LogP contribution < -0.4 is 5.32 Å². The standard InChI is InChI=1S/C26H17F2N3O6/c27-8-1-3-12-10(5-8)15-17-18(25(35)30-24(17)34)16-11-6-9(28)2-4-13(11)31(20(16)19(15)29-12)26-22(33)23-21(32)14(37-26)7-36-23/h1-6,14,21-23,26,29,32-33H,7H2,(H,30,34,35)/t14-,21-,22+,23-,26+/m0/s1. The van der Waals surface area contributed by atoms with Crippen molar-refractivity contribution in [3.8, 4) is 0 Å². The molecule has 0 unspecified atom stereocenters. The number of halogens is 2. The highest BCUT2D eigenvalue weighted by molar-refractivity contribution is 6.39. The van der Waals surface area contributed by atoms with Gasteiger partial charge >= 0.3 is 0 Å². The molecule has 2 amide bonds. The maximum Gasteiger partial charge on any atom is 0.259 e. The summed E-state index contributed by atoms with van der Waals surface area (Å²) in [4.78, 5) is 29.4. The molecule has 2 aromatic heterocycles. The van der Waals surface area contributed by atoms with Crippen LogP contribution in [0.25, 0.3) is 43.6 Å². The summed E-state index contributed by atoms with van der Waals surface area (Å²) in [5.41, 5.74) is 1.82. The van der Waals surface area contributed by atoms with Gasteiger partial charge in [0.15, 0.2) is 6.23 Å². The van der Waals surface area contributed by atoms with E-state index in [0.717, 1.165) is 0 Å². The Morgan fingerprint density at radius 2 is 1.62 bits per heavy atom. The van der Waals surface area contributed by atoms with E-state index in [2.05, 4.69) is 10.3 Å². The number of imide groups is 1. The van der Waals surface area contributed by atoms with Crippen LogP contribution in [0.4, 0.5) is 8.78 Å². The monoisotopic (exact) mass is 505 g/mol. The van der Waals surface area contributed by atoms with E-state index in [9.17, 15) is 28.6 Å². The van der Waals surface area contributed by atoms with Crippen LogP contribution in [0.15, 0.2) is 36.4 Å². The van der Waals surface area contributed by atoms with Crippen molar-refractivity contribution in [2.75, 3.05) is 6.61 Å². The molecule has 9 nitrogen and oxygen atoms in total. The topological polar surface area (TPSA) is 126 Å². The van der Waals surface area contributed by atoms with Gasteiger partial charge in [0.25, 0.3) is 11.8 Å². The van der Waals surface area contributed by atoms with Crippen LogP contribution in [0.1, 0.15) is 26.9 Å². The molecule has 5 atom stereocenters. The van der Waals surface area contributed by atoms with Gasteiger partial charge in [-0.3, -0.25) is 14.9 Å². The molecule has 3 aliphatic heterocycles. The highest BCUT2D eigenvalue weighted by Gasteiger charge is 2.51. The molecule has 37 heavy (non-hydrogen) atoms. The number of fused-ring (bicyclic) bond motifs is 12. The van der Waals surface area contributed by atoms with Crippen LogP contribution in [-0.2, 0) is 9.47 Å². The van der Waals surface area contributed by atoms with Crippen molar-refractivity contribution in [3.63, 3.8) is 0 Å². The molecule has 186 valence electrons. The Morgan fingerprint density at radius 1 is 0.919 bits per heavy atom. The zero-order valence-corrected chi connectivity index (χ0v) is 18.8. The average molecular weight is 505 g/mol. The number of H-pyrrole nitrogens is 1. The lowest BCUT2D eigenvalue weighted by molar-refractivity contribution is -0.192. The zero-order chi connectivity index (χ0) is 25.3. The Bertz CT molecular complexity index is 1880. The van der Waals surface area contributed by atoms with E-state index in [4.69, 9.17) is 9.47 Å². The molecular weight excluding hydrogens is 488 g/mol. The van der Waals surface area contributed by atoms with Crippen molar-refractivity contribution < 1.29 is 38.1 Å².